The molecular weight excluding hydrogens is 1040 g/mol. The molecule has 70 heavy (non-hydrogen) atoms. The molecule has 2 aliphatic heterocycles. The Kier molecular flexibility index (Phi) is 10.9. The second-order valence-electron chi connectivity index (χ2n) is 20.7. The first kappa shape index (κ1) is 45.3. The number of aryl methyl sites for hydroxylation is 2. The summed E-state index contributed by atoms with van der Waals surface area (Å²) < 4.78 is 28.9. The van der Waals surface area contributed by atoms with E-state index in [0.717, 1.165) is 100 Å². The summed E-state index contributed by atoms with van der Waals surface area (Å²) in [4.78, 5) is 9.51. The molecule has 5 nitrogen and oxygen atoms in total. The maximum absolute atomic E-state index is 12.7. The summed E-state index contributed by atoms with van der Waals surface area (Å²) in [7, 11) is 0. The Morgan fingerprint density at radius 2 is 1.37 bits per heavy atom. The van der Waals surface area contributed by atoms with Gasteiger partial charge in [-0.15, -0.1) is 59.5 Å². The van der Waals surface area contributed by atoms with E-state index in [1.807, 2.05) is 32.2 Å². The molecule has 1 radical (unpaired) electrons. The van der Waals surface area contributed by atoms with E-state index < -0.39 is 0 Å². The van der Waals surface area contributed by atoms with Crippen molar-refractivity contribution in [2.45, 2.75) is 66.2 Å². The van der Waals surface area contributed by atoms with Crippen LogP contribution in [0.25, 0.3) is 71.5 Å². The Morgan fingerprint density at radius 3 is 2.09 bits per heavy atom. The van der Waals surface area contributed by atoms with E-state index >= 15 is 0 Å². The smallest absolute Gasteiger partial charge is 0.260 e. The molecule has 0 aliphatic carbocycles. The fourth-order valence-corrected chi connectivity index (χ4v) is 10.2. The van der Waals surface area contributed by atoms with Crippen molar-refractivity contribution in [3.8, 4) is 45.4 Å². The van der Waals surface area contributed by atoms with E-state index in [1.165, 1.54) is 45.1 Å². The standard InChI is InChI=1S/C49H38BN2O2.C13H11FN.Ir/c1-48(2,3)30-19-22-41-37(26-30)50-38-27-31(49(4,5)6)20-23-42(38)54-46-33-21-18-28(24-29(33)25-43(53-41)44(46)50)32-15-11-16-39-45(32)52-40-17-10-9-13-35(40)34-12-7-8-14-36(34)47(52)51-39;1-9-7-13(15-8-10(9)2)11-3-5-12(14)6-4-11;/h7-13,15-27H,1-6H3;3,5-8H,1-2H3;/q2*-1;. The number of rotatable bonds is 2. The molecule has 0 amide bonds. The molecule has 8 aromatic carbocycles. The van der Waals surface area contributed by atoms with Crippen molar-refractivity contribution >= 4 is 72.2 Å². The van der Waals surface area contributed by atoms with Crippen molar-refractivity contribution in [1.82, 2.24) is 14.4 Å². The van der Waals surface area contributed by atoms with E-state index in [4.69, 9.17) is 14.5 Å². The van der Waals surface area contributed by atoms with Gasteiger partial charge in [-0.05, 0) is 111 Å². The maximum Gasteiger partial charge on any atom is 0.260 e. The second kappa shape index (κ2) is 16.8. The van der Waals surface area contributed by atoms with Gasteiger partial charge in [0.05, 0.1) is 16.7 Å². The summed E-state index contributed by atoms with van der Waals surface area (Å²) in [6.07, 6.45) is 1.82. The third-order valence-electron chi connectivity index (χ3n) is 14.1. The molecule has 345 valence electrons. The number of para-hydroxylation sites is 2. The number of fused-ring (bicyclic) bond motifs is 14. The predicted octanol–water partition coefficient (Wildman–Crippen LogP) is 14.0. The average Bonchev–Trinajstić information content (AvgIpc) is 3.75. The number of pyridine rings is 2. The molecule has 2 aliphatic rings. The van der Waals surface area contributed by atoms with Crippen molar-refractivity contribution in [2.75, 3.05) is 0 Å². The van der Waals surface area contributed by atoms with Gasteiger partial charge in [0.1, 0.15) is 23.0 Å². The molecule has 0 spiro atoms. The van der Waals surface area contributed by atoms with Crippen molar-refractivity contribution in [3.05, 3.63) is 192 Å². The molecule has 11 aromatic rings. The van der Waals surface area contributed by atoms with Crippen molar-refractivity contribution in [2.24, 2.45) is 0 Å². The average molecular weight is 1090 g/mol. The SMILES string of the molecule is CC(C)(C)c1ccc2c(c1)B1c3cc(C(C)(C)C)ccc3Oc3c1c(cc1cc(-c4cccc5nc6c7[c-]cccc7c7ccccc7n6c45)ccc31)O2.Cc1cnc(-c2[c-]cc(F)cc2)cc1C.[Ir]. The molecular formula is C62H49BFIrN3O2-2. The zero-order chi connectivity index (χ0) is 47.5. The molecule has 0 bridgehead atoms. The molecule has 8 heteroatoms. The Labute approximate surface area is 421 Å². The van der Waals surface area contributed by atoms with Gasteiger partial charge in [0.15, 0.2) is 0 Å². The van der Waals surface area contributed by atoms with Crippen LogP contribution in [0.2, 0.25) is 0 Å². The number of hydrogen-bond donors (Lipinski definition) is 0. The Morgan fingerprint density at radius 1 is 0.643 bits per heavy atom. The van der Waals surface area contributed by atoms with Crippen LogP contribution in [0.4, 0.5) is 4.39 Å². The van der Waals surface area contributed by atoms with Crippen LogP contribution >= 0.6 is 0 Å². The van der Waals surface area contributed by atoms with Crippen LogP contribution in [0.1, 0.15) is 63.8 Å². The van der Waals surface area contributed by atoms with Gasteiger partial charge in [-0.25, -0.2) is 0 Å². The van der Waals surface area contributed by atoms with Crippen LogP contribution in [0.3, 0.4) is 0 Å². The first-order valence-corrected chi connectivity index (χ1v) is 23.7. The van der Waals surface area contributed by atoms with Crippen LogP contribution < -0.4 is 25.9 Å². The number of halogens is 1. The molecule has 0 saturated heterocycles. The van der Waals surface area contributed by atoms with Crippen molar-refractivity contribution < 1.29 is 34.0 Å². The number of nitrogens with zero attached hydrogens (tertiary/aromatic N) is 3. The van der Waals surface area contributed by atoms with Gasteiger partial charge in [-0.1, -0.05) is 125 Å². The summed E-state index contributed by atoms with van der Waals surface area (Å²) >= 11 is 0. The summed E-state index contributed by atoms with van der Waals surface area (Å²) in [6, 6.07) is 56.5. The Balaban J connectivity index is 0.000000286. The first-order valence-electron chi connectivity index (χ1n) is 23.7. The normalized spacial score (nSPS) is 12.7. The molecule has 0 atom stereocenters. The monoisotopic (exact) mass is 1090 g/mol. The first-order chi connectivity index (χ1) is 33.2. The third-order valence-corrected chi connectivity index (χ3v) is 14.1. The number of imidazole rings is 1. The summed E-state index contributed by atoms with van der Waals surface area (Å²) in [6.45, 7) is 17.7. The fraction of sp³-hybridized carbons (Fsp3) is 0.161. The van der Waals surface area contributed by atoms with Crippen molar-refractivity contribution in [3.63, 3.8) is 0 Å². The molecule has 0 N–H and O–H groups in total. The van der Waals surface area contributed by atoms with Gasteiger partial charge >= 0.3 is 0 Å². The fourth-order valence-electron chi connectivity index (χ4n) is 10.2. The predicted molar refractivity (Wildman–Crippen MR) is 283 cm³/mol. The van der Waals surface area contributed by atoms with E-state index in [0.29, 0.717) is 0 Å². The Hall–Kier alpha value is -7.12. The number of benzene rings is 8. The quantitative estimate of drug-likeness (QED) is 0.0983. The molecule has 0 unspecified atom stereocenters. The molecule has 3 aromatic heterocycles. The number of ether oxygens (including phenoxy) is 2. The van der Waals surface area contributed by atoms with Crippen LogP contribution in [0, 0.1) is 31.8 Å². The molecule has 0 saturated carbocycles. The zero-order valence-corrected chi connectivity index (χ0v) is 42.8. The van der Waals surface area contributed by atoms with Crippen molar-refractivity contribution in [1.29, 1.82) is 0 Å². The minimum Gasteiger partial charge on any atom is -0.458 e. The largest absolute Gasteiger partial charge is 0.458 e. The minimum atomic E-state index is -0.275. The van der Waals surface area contributed by atoms with Gasteiger partial charge in [0.2, 0.25) is 0 Å². The summed E-state index contributed by atoms with van der Waals surface area (Å²) in [5.74, 6) is 3.26. The van der Waals surface area contributed by atoms with Crippen LogP contribution in [0.5, 0.6) is 23.0 Å². The number of aromatic nitrogens is 3. The van der Waals surface area contributed by atoms with Crippen LogP contribution in [-0.2, 0) is 30.9 Å². The topological polar surface area (TPSA) is 48.7 Å². The van der Waals surface area contributed by atoms with Gasteiger partial charge in [0.25, 0.3) is 6.71 Å². The van der Waals surface area contributed by atoms with Gasteiger partial charge in [0, 0.05) is 54.0 Å². The Bertz CT molecular complexity index is 3900. The molecule has 13 rings (SSSR count). The van der Waals surface area contributed by atoms with E-state index in [-0.39, 0.29) is 43.5 Å². The third kappa shape index (κ3) is 7.48. The summed E-state index contributed by atoms with van der Waals surface area (Å²) in [5, 5.41) is 5.51. The molecule has 5 heterocycles. The number of hydrogen-bond acceptors (Lipinski definition) is 4. The summed E-state index contributed by atoms with van der Waals surface area (Å²) in [5.41, 5.74) is 16.4. The maximum atomic E-state index is 12.7. The van der Waals surface area contributed by atoms with Gasteiger partial charge in [-0.2, -0.15) is 0 Å². The van der Waals surface area contributed by atoms with E-state index in [2.05, 4.69) is 178 Å². The van der Waals surface area contributed by atoms with Crippen LogP contribution in [0.15, 0.2) is 152 Å². The van der Waals surface area contributed by atoms with E-state index in [9.17, 15) is 4.39 Å². The van der Waals surface area contributed by atoms with Gasteiger partial charge < -0.3 is 18.9 Å². The zero-order valence-electron chi connectivity index (χ0n) is 40.4. The molecule has 0 fully saturated rings. The second-order valence-corrected chi connectivity index (χ2v) is 20.7. The van der Waals surface area contributed by atoms with Crippen LogP contribution in [-0.4, -0.2) is 21.1 Å². The van der Waals surface area contributed by atoms with E-state index in [1.54, 1.807) is 6.07 Å². The van der Waals surface area contributed by atoms with Gasteiger partial charge in [-0.3, -0.25) is 9.37 Å². The minimum absolute atomic E-state index is 0.